The molecule has 5 nitrogen and oxygen atoms in total. The Morgan fingerprint density at radius 2 is 2.33 bits per heavy atom. The molecule has 0 saturated heterocycles. The van der Waals surface area contributed by atoms with Gasteiger partial charge < -0.3 is 4.90 Å². The van der Waals surface area contributed by atoms with Gasteiger partial charge in [0.05, 0.1) is 29.0 Å². The van der Waals surface area contributed by atoms with Gasteiger partial charge in [-0.2, -0.15) is 16.9 Å². The van der Waals surface area contributed by atoms with Crippen molar-refractivity contribution in [2.45, 2.75) is 19.5 Å². The number of nitrogens with zero attached hydrogens (tertiary/aromatic N) is 3. The van der Waals surface area contributed by atoms with Crippen LogP contribution in [0.4, 0.5) is 0 Å². The molecule has 1 atom stereocenters. The predicted molar refractivity (Wildman–Crippen MR) is 81.5 cm³/mol. The van der Waals surface area contributed by atoms with Crippen LogP contribution < -0.4 is 11.3 Å². The number of hydrogen-bond donors (Lipinski definition) is 2. The third-order valence-corrected chi connectivity index (χ3v) is 4.20. The Morgan fingerprint density at radius 1 is 1.61 bits per heavy atom. The van der Waals surface area contributed by atoms with Crippen LogP contribution in [0, 0.1) is 0 Å². The van der Waals surface area contributed by atoms with Gasteiger partial charge in [-0.3, -0.25) is 16.0 Å². The summed E-state index contributed by atoms with van der Waals surface area (Å²) in [5, 5.41) is 4.40. The van der Waals surface area contributed by atoms with Crippen molar-refractivity contribution in [3.05, 3.63) is 16.4 Å². The third kappa shape index (κ3) is 4.55. The Hall–Kier alpha value is -0.0800. The van der Waals surface area contributed by atoms with E-state index in [0.29, 0.717) is 0 Å². The molecule has 0 aromatic carbocycles. The molecule has 0 aliphatic heterocycles. The number of rotatable bonds is 8. The zero-order valence-electron chi connectivity index (χ0n) is 11.2. The van der Waals surface area contributed by atoms with Gasteiger partial charge in [0, 0.05) is 12.3 Å². The Labute approximate surface area is 122 Å². The summed E-state index contributed by atoms with van der Waals surface area (Å²) >= 11 is 5.42. The summed E-state index contributed by atoms with van der Waals surface area (Å²) in [4.78, 5) is 2.14. The van der Waals surface area contributed by atoms with Crippen LogP contribution in [0.5, 0.6) is 0 Å². The number of hydrogen-bond acceptors (Lipinski definition) is 5. The van der Waals surface area contributed by atoms with Crippen LogP contribution in [0.2, 0.25) is 0 Å². The summed E-state index contributed by atoms with van der Waals surface area (Å²) in [5.74, 6) is 7.69. The first-order chi connectivity index (χ1) is 8.60. The summed E-state index contributed by atoms with van der Waals surface area (Å²) in [7, 11) is 4.12. The largest absolute Gasteiger partial charge is 0.308 e. The Bertz CT molecular complexity index is 355. The second-order valence-electron chi connectivity index (χ2n) is 4.28. The highest BCUT2D eigenvalue weighted by molar-refractivity contribution is 9.10. The molecule has 0 radical (unpaired) electrons. The molecular formula is C11H22BrN5S. The lowest BCUT2D eigenvalue weighted by Crippen LogP contribution is -2.32. The number of hydrazine groups is 1. The molecule has 7 heteroatoms. The lowest BCUT2D eigenvalue weighted by Gasteiger charge is -2.19. The van der Waals surface area contributed by atoms with Crippen LogP contribution in [0.15, 0.2) is 10.7 Å². The van der Waals surface area contributed by atoms with Crippen molar-refractivity contribution in [2.24, 2.45) is 5.84 Å². The SMILES string of the molecule is CCSCC(NN)c1c(Br)cnn1CCN(C)C. The third-order valence-electron chi connectivity index (χ3n) is 2.61. The fourth-order valence-corrected chi connectivity index (χ4v) is 2.93. The van der Waals surface area contributed by atoms with Gasteiger partial charge in [-0.15, -0.1) is 0 Å². The predicted octanol–water partition coefficient (Wildman–Crippen LogP) is 1.46. The zero-order chi connectivity index (χ0) is 13.5. The monoisotopic (exact) mass is 335 g/mol. The quantitative estimate of drug-likeness (QED) is 0.556. The second kappa shape index (κ2) is 8.16. The highest BCUT2D eigenvalue weighted by Gasteiger charge is 2.18. The number of nitrogens with one attached hydrogen (secondary N) is 1. The van der Waals surface area contributed by atoms with Crippen molar-refractivity contribution in [3.8, 4) is 0 Å². The first kappa shape index (κ1) is 16.0. The summed E-state index contributed by atoms with van der Waals surface area (Å²) in [6.45, 7) is 3.97. The standard InChI is InChI=1S/C11H22BrN5S/c1-4-18-8-10(15-13)11-9(12)7-14-17(11)6-5-16(2)3/h7,10,15H,4-6,8,13H2,1-3H3. The van der Waals surface area contributed by atoms with Gasteiger partial charge in [0.2, 0.25) is 0 Å². The van der Waals surface area contributed by atoms with Crippen LogP contribution in [-0.2, 0) is 6.54 Å². The van der Waals surface area contributed by atoms with Crippen LogP contribution >= 0.6 is 27.7 Å². The molecule has 1 heterocycles. The molecule has 1 unspecified atom stereocenters. The molecule has 0 saturated carbocycles. The minimum Gasteiger partial charge on any atom is -0.308 e. The van der Waals surface area contributed by atoms with Gasteiger partial charge in [-0.25, -0.2) is 0 Å². The molecule has 104 valence electrons. The fourth-order valence-electron chi connectivity index (χ4n) is 1.63. The van der Waals surface area contributed by atoms with Crippen LogP contribution in [-0.4, -0.2) is 46.8 Å². The molecule has 0 aliphatic rings. The van der Waals surface area contributed by atoms with Gasteiger partial charge in [-0.1, -0.05) is 6.92 Å². The Kier molecular flexibility index (Phi) is 7.25. The van der Waals surface area contributed by atoms with Crippen molar-refractivity contribution >= 4 is 27.7 Å². The maximum atomic E-state index is 5.66. The van der Waals surface area contributed by atoms with E-state index < -0.39 is 0 Å². The van der Waals surface area contributed by atoms with E-state index in [1.165, 1.54) is 0 Å². The van der Waals surface area contributed by atoms with Crippen LogP contribution in [0.25, 0.3) is 0 Å². The van der Waals surface area contributed by atoms with E-state index in [-0.39, 0.29) is 6.04 Å². The summed E-state index contributed by atoms with van der Waals surface area (Å²) < 4.78 is 3.03. The van der Waals surface area contributed by atoms with Crippen molar-refractivity contribution < 1.29 is 0 Å². The number of thioether (sulfide) groups is 1. The Balaban J connectivity index is 2.80. The van der Waals surface area contributed by atoms with Gasteiger partial charge in [0.25, 0.3) is 0 Å². The van der Waals surface area contributed by atoms with Gasteiger partial charge in [0.1, 0.15) is 0 Å². The zero-order valence-corrected chi connectivity index (χ0v) is 13.6. The summed E-state index contributed by atoms with van der Waals surface area (Å²) in [6, 6.07) is 0.119. The molecule has 1 aromatic heterocycles. The van der Waals surface area contributed by atoms with Crippen molar-refractivity contribution in [1.82, 2.24) is 20.1 Å². The van der Waals surface area contributed by atoms with E-state index in [1.807, 2.05) is 22.6 Å². The number of halogens is 1. The first-order valence-electron chi connectivity index (χ1n) is 6.00. The average Bonchev–Trinajstić information content (AvgIpc) is 2.70. The maximum absolute atomic E-state index is 5.66. The lowest BCUT2D eigenvalue weighted by molar-refractivity contribution is 0.364. The fraction of sp³-hybridized carbons (Fsp3) is 0.727. The minimum absolute atomic E-state index is 0.119. The highest BCUT2D eigenvalue weighted by Crippen LogP contribution is 2.25. The minimum atomic E-state index is 0.119. The summed E-state index contributed by atoms with van der Waals surface area (Å²) in [5.41, 5.74) is 4.01. The molecule has 3 N–H and O–H groups in total. The second-order valence-corrected chi connectivity index (χ2v) is 6.46. The molecule has 0 bridgehead atoms. The molecule has 1 rings (SSSR count). The number of likely N-dealkylation sites (N-methyl/N-ethyl adjacent to an activating group) is 1. The van der Waals surface area contributed by atoms with Crippen LogP contribution in [0.3, 0.4) is 0 Å². The van der Waals surface area contributed by atoms with E-state index in [1.54, 1.807) is 0 Å². The molecule has 0 spiro atoms. The van der Waals surface area contributed by atoms with E-state index in [9.17, 15) is 0 Å². The van der Waals surface area contributed by atoms with Crippen molar-refractivity contribution in [1.29, 1.82) is 0 Å². The van der Waals surface area contributed by atoms with E-state index in [0.717, 1.165) is 34.8 Å². The van der Waals surface area contributed by atoms with Gasteiger partial charge in [0.15, 0.2) is 0 Å². The normalized spacial score (nSPS) is 13.2. The summed E-state index contributed by atoms with van der Waals surface area (Å²) in [6.07, 6.45) is 1.84. The lowest BCUT2D eigenvalue weighted by atomic mass is 10.2. The van der Waals surface area contributed by atoms with E-state index >= 15 is 0 Å². The maximum Gasteiger partial charge on any atom is 0.0730 e. The molecule has 0 amide bonds. The van der Waals surface area contributed by atoms with Crippen molar-refractivity contribution in [2.75, 3.05) is 32.1 Å². The number of nitrogens with two attached hydrogens (primary N) is 1. The average molecular weight is 336 g/mol. The van der Waals surface area contributed by atoms with Gasteiger partial charge >= 0.3 is 0 Å². The Morgan fingerprint density at radius 3 is 2.89 bits per heavy atom. The van der Waals surface area contributed by atoms with Crippen molar-refractivity contribution in [3.63, 3.8) is 0 Å². The topological polar surface area (TPSA) is 59.1 Å². The van der Waals surface area contributed by atoms with Crippen LogP contribution in [0.1, 0.15) is 18.7 Å². The molecule has 1 aromatic rings. The highest BCUT2D eigenvalue weighted by atomic mass is 79.9. The van der Waals surface area contributed by atoms with E-state index in [4.69, 9.17) is 5.84 Å². The molecule has 0 fully saturated rings. The van der Waals surface area contributed by atoms with E-state index in [2.05, 4.69) is 52.4 Å². The smallest absolute Gasteiger partial charge is 0.0730 e. The molecule has 0 aliphatic carbocycles. The first-order valence-corrected chi connectivity index (χ1v) is 7.94. The molecular weight excluding hydrogens is 314 g/mol. The van der Waals surface area contributed by atoms with Gasteiger partial charge in [-0.05, 0) is 35.8 Å². The molecule has 18 heavy (non-hydrogen) atoms. The number of aromatic nitrogens is 2.